The Labute approximate surface area is 103 Å². The molecule has 0 bridgehead atoms. The van der Waals surface area contributed by atoms with E-state index in [1.54, 1.807) is 0 Å². The first-order valence-electron chi connectivity index (χ1n) is 6.02. The summed E-state index contributed by atoms with van der Waals surface area (Å²) >= 11 is 0. The molecule has 3 heteroatoms. The van der Waals surface area contributed by atoms with Crippen molar-refractivity contribution < 1.29 is 0 Å². The molecule has 1 N–H and O–H groups in total. The van der Waals surface area contributed by atoms with Crippen molar-refractivity contribution >= 4 is 0 Å². The van der Waals surface area contributed by atoms with E-state index < -0.39 is 0 Å². The Bertz CT molecular complexity index is 448. The molecule has 1 aromatic heterocycles. The zero-order valence-corrected chi connectivity index (χ0v) is 10.4. The van der Waals surface area contributed by atoms with Crippen molar-refractivity contribution in [3.63, 3.8) is 0 Å². The lowest BCUT2D eigenvalue weighted by Crippen LogP contribution is -2.22. The highest BCUT2D eigenvalue weighted by molar-refractivity contribution is 5.18. The van der Waals surface area contributed by atoms with Crippen LogP contribution in [0.15, 0.2) is 42.7 Å². The van der Waals surface area contributed by atoms with Gasteiger partial charge >= 0.3 is 0 Å². The van der Waals surface area contributed by atoms with Crippen molar-refractivity contribution in [3.05, 3.63) is 54.1 Å². The molecule has 2 aromatic rings. The zero-order valence-electron chi connectivity index (χ0n) is 10.4. The Morgan fingerprint density at radius 1 is 1.29 bits per heavy atom. The summed E-state index contributed by atoms with van der Waals surface area (Å²) in [6.07, 6.45) is 4.78. The second kappa shape index (κ2) is 5.64. The summed E-state index contributed by atoms with van der Waals surface area (Å²) in [5.41, 5.74) is 1.33. The summed E-state index contributed by atoms with van der Waals surface area (Å²) in [4.78, 5) is 4.31. The van der Waals surface area contributed by atoms with E-state index in [1.807, 2.05) is 25.5 Å². The average molecular weight is 229 g/mol. The molecule has 0 spiro atoms. The van der Waals surface area contributed by atoms with Crippen molar-refractivity contribution in [2.24, 2.45) is 7.05 Å². The van der Waals surface area contributed by atoms with Gasteiger partial charge in [-0.3, -0.25) is 0 Å². The molecule has 1 heterocycles. The quantitative estimate of drug-likeness (QED) is 0.852. The summed E-state index contributed by atoms with van der Waals surface area (Å²) in [5.74, 6) is 1.12. The van der Waals surface area contributed by atoms with Crippen molar-refractivity contribution in [1.29, 1.82) is 0 Å². The number of hydrogen-bond acceptors (Lipinski definition) is 2. The van der Waals surface area contributed by atoms with Gasteiger partial charge in [0.15, 0.2) is 0 Å². The Hall–Kier alpha value is -1.61. The average Bonchev–Trinajstić information content (AvgIpc) is 2.76. The first-order chi connectivity index (χ1) is 8.27. The van der Waals surface area contributed by atoms with Gasteiger partial charge in [-0.15, -0.1) is 0 Å². The molecule has 0 aliphatic carbocycles. The van der Waals surface area contributed by atoms with E-state index in [0.717, 1.165) is 18.8 Å². The first-order valence-corrected chi connectivity index (χ1v) is 6.02. The van der Waals surface area contributed by atoms with Crippen LogP contribution in [-0.2, 0) is 13.5 Å². The molecule has 0 fully saturated rings. The summed E-state index contributed by atoms with van der Waals surface area (Å²) in [7, 11) is 2.03. The zero-order chi connectivity index (χ0) is 12.1. The van der Waals surface area contributed by atoms with Crippen LogP contribution in [0.1, 0.15) is 24.4 Å². The summed E-state index contributed by atoms with van der Waals surface area (Å²) < 4.78 is 2.06. The molecule has 0 saturated carbocycles. The molecular formula is C14H19N3. The SMILES string of the molecule is C[C@@H](NCCc1nccn1C)c1ccccc1. The van der Waals surface area contributed by atoms with Crippen molar-refractivity contribution in [1.82, 2.24) is 14.9 Å². The van der Waals surface area contributed by atoms with Crippen molar-refractivity contribution in [2.45, 2.75) is 19.4 Å². The lowest BCUT2D eigenvalue weighted by Gasteiger charge is -2.13. The first kappa shape index (κ1) is 11.9. The van der Waals surface area contributed by atoms with Gasteiger partial charge in [-0.1, -0.05) is 30.3 Å². The van der Waals surface area contributed by atoms with E-state index >= 15 is 0 Å². The molecule has 3 nitrogen and oxygen atoms in total. The second-order valence-electron chi connectivity index (χ2n) is 4.29. The summed E-state index contributed by atoms with van der Waals surface area (Å²) in [5, 5.41) is 3.51. The molecular weight excluding hydrogens is 210 g/mol. The number of hydrogen-bond donors (Lipinski definition) is 1. The van der Waals surface area contributed by atoms with Gasteiger partial charge in [-0.2, -0.15) is 0 Å². The van der Waals surface area contributed by atoms with E-state index in [9.17, 15) is 0 Å². The van der Waals surface area contributed by atoms with Gasteiger partial charge in [0, 0.05) is 38.4 Å². The maximum absolute atomic E-state index is 4.31. The smallest absolute Gasteiger partial charge is 0.109 e. The van der Waals surface area contributed by atoms with Crippen LogP contribution in [0.4, 0.5) is 0 Å². The lowest BCUT2D eigenvalue weighted by atomic mass is 10.1. The fraction of sp³-hybridized carbons (Fsp3) is 0.357. The number of imidazole rings is 1. The topological polar surface area (TPSA) is 29.9 Å². The van der Waals surface area contributed by atoms with Gasteiger partial charge < -0.3 is 9.88 Å². The normalized spacial score (nSPS) is 12.6. The largest absolute Gasteiger partial charge is 0.338 e. The van der Waals surface area contributed by atoms with Gasteiger partial charge in [0.2, 0.25) is 0 Å². The third kappa shape index (κ3) is 3.17. The molecule has 0 unspecified atom stereocenters. The number of benzene rings is 1. The monoisotopic (exact) mass is 229 g/mol. The van der Waals surface area contributed by atoms with Crippen LogP contribution in [0, 0.1) is 0 Å². The highest BCUT2D eigenvalue weighted by Crippen LogP contribution is 2.10. The van der Waals surface area contributed by atoms with Crippen LogP contribution >= 0.6 is 0 Å². The Balaban J connectivity index is 1.81. The maximum Gasteiger partial charge on any atom is 0.109 e. The minimum Gasteiger partial charge on any atom is -0.338 e. The number of aryl methyl sites for hydroxylation is 1. The lowest BCUT2D eigenvalue weighted by molar-refractivity contribution is 0.565. The maximum atomic E-state index is 4.31. The Morgan fingerprint density at radius 2 is 2.06 bits per heavy atom. The molecule has 1 aromatic carbocycles. The minimum atomic E-state index is 0.386. The molecule has 0 saturated heterocycles. The number of aromatic nitrogens is 2. The Morgan fingerprint density at radius 3 is 2.71 bits per heavy atom. The van der Waals surface area contributed by atoms with Gasteiger partial charge in [-0.05, 0) is 12.5 Å². The number of nitrogens with zero attached hydrogens (tertiary/aromatic N) is 2. The van der Waals surface area contributed by atoms with Gasteiger partial charge in [0.25, 0.3) is 0 Å². The summed E-state index contributed by atoms with van der Waals surface area (Å²) in [6.45, 7) is 3.13. The van der Waals surface area contributed by atoms with E-state index in [2.05, 4.69) is 46.1 Å². The van der Waals surface area contributed by atoms with Crippen molar-refractivity contribution in [3.8, 4) is 0 Å². The third-order valence-electron chi connectivity index (χ3n) is 3.02. The van der Waals surface area contributed by atoms with Gasteiger partial charge in [0.1, 0.15) is 5.82 Å². The number of rotatable bonds is 5. The van der Waals surface area contributed by atoms with Crippen molar-refractivity contribution in [2.75, 3.05) is 6.54 Å². The van der Waals surface area contributed by atoms with Crippen LogP contribution in [0.25, 0.3) is 0 Å². The second-order valence-corrected chi connectivity index (χ2v) is 4.29. The van der Waals surface area contributed by atoms with Crippen LogP contribution in [-0.4, -0.2) is 16.1 Å². The highest BCUT2D eigenvalue weighted by atomic mass is 15.0. The van der Waals surface area contributed by atoms with E-state index in [0.29, 0.717) is 6.04 Å². The summed E-state index contributed by atoms with van der Waals surface area (Å²) in [6, 6.07) is 10.9. The van der Waals surface area contributed by atoms with Gasteiger partial charge in [0.05, 0.1) is 0 Å². The Kier molecular flexibility index (Phi) is 3.94. The standard InChI is InChI=1S/C14H19N3/c1-12(13-6-4-3-5-7-13)15-9-8-14-16-10-11-17(14)2/h3-7,10-12,15H,8-9H2,1-2H3/t12-/m1/s1. The van der Waals surface area contributed by atoms with Crippen LogP contribution in [0.5, 0.6) is 0 Å². The molecule has 0 amide bonds. The fourth-order valence-corrected chi connectivity index (χ4v) is 1.90. The molecule has 0 radical (unpaired) electrons. The van der Waals surface area contributed by atoms with Crippen LogP contribution < -0.4 is 5.32 Å². The van der Waals surface area contributed by atoms with E-state index in [4.69, 9.17) is 0 Å². The minimum absolute atomic E-state index is 0.386. The molecule has 0 aliphatic rings. The molecule has 1 atom stereocenters. The number of nitrogens with one attached hydrogen (secondary N) is 1. The molecule has 90 valence electrons. The predicted octanol–water partition coefficient (Wildman–Crippen LogP) is 2.31. The predicted molar refractivity (Wildman–Crippen MR) is 69.8 cm³/mol. The van der Waals surface area contributed by atoms with E-state index in [1.165, 1.54) is 5.56 Å². The fourth-order valence-electron chi connectivity index (χ4n) is 1.90. The van der Waals surface area contributed by atoms with Crippen LogP contribution in [0.3, 0.4) is 0 Å². The molecule has 17 heavy (non-hydrogen) atoms. The van der Waals surface area contributed by atoms with E-state index in [-0.39, 0.29) is 0 Å². The molecule has 2 rings (SSSR count). The highest BCUT2D eigenvalue weighted by Gasteiger charge is 2.04. The van der Waals surface area contributed by atoms with Crippen LogP contribution in [0.2, 0.25) is 0 Å². The molecule has 0 aliphatic heterocycles. The van der Waals surface area contributed by atoms with Gasteiger partial charge in [-0.25, -0.2) is 4.98 Å². The third-order valence-corrected chi connectivity index (χ3v) is 3.02.